The molecule has 1 unspecified atom stereocenters. The molecule has 1 fully saturated rings. The van der Waals surface area contributed by atoms with E-state index in [4.69, 9.17) is 9.15 Å². The molecular formula is C19H24N2O3. The highest BCUT2D eigenvalue weighted by Crippen LogP contribution is 2.31. The maximum atomic E-state index is 12.4. The number of hydrogen-bond acceptors (Lipinski definition) is 4. The van der Waals surface area contributed by atoms with E-state index in [-0.39, 0.29) is 18.6 Å². The molecule has 5 heteroatoms. The molecule has 0 bridgehead atoms. The molecule has 1 aliphatic heterocycles. The second-order valence-electron chi connectivity index (χ2n) is 6.06. The average molecular weight is 328 g/mol. The van der Waals surface area contributed by atoms with Gasteiger partial charge < -0.3 is 14.1 Å². The second kappa shape index (κ2) is 8.11. The van der Waals surface area contributed by atoms with Crippen molar-refractivity contribution in [3.63, 3.8) is 0 Å². The fourth-order valence-electron chi connectivity index (χ4n) is 3.11. The molecule has 1 atom stereocenters. The Morgan fingerprint density at radius 2 is 2.17 bits per heavy atom. The van der Waals surface area contributed by atoms with Gasteiger partial charge in [0.15, 0.2) is 0 Å². The third-order valence-electron chi connectivity index (χ3n) is 4.33. The largest absolute Gasteiger partial charge is 0.443 e. The fourth-order valence-corrected chi connectivity index (χ4v) is 3.11. The van der Waals surface area contributed by atoms with Gasteiger partial charge in [-0.15, -0.1) is 0 Å². The van der Waals surface area contributed by atoms with Crippen LogP contribution >= 0.6 is 0 Å². The number of likely N-dealkylation sites (tertiary alicyclic amines) is 1. The van der Waals surface area contributed by atoms with Crippen LogP contribution in [0.3, 0.4) is 0 Å². The summed E-state index contributed by atoms with van der Waals surface area (Å²) in [7, 11) is 0. The van der Waals surface area contributed by atoms with Gasteiger partial charge in [-0.3, -0.25) is 4.79 Å². The van der Waals surface area contributed by atoms with Crippen molar-refractivity contribution in [2.75, 3.05) is 19.8 Å². The van der Waals surface area contributed by atoms with Gasteiger partial charge in [0.2, 0.25) is 11.8 Å². The topological polar surface area (TPSA) is 55.6 Å². The number of oxazole rings is 1. The molecule has 1 aromatic carbocycles. The first-order valence-corrected chi connectivity index (χ1v) is 8.63. The highest BCUT2D eigenvalue weighted by atomic mass is 16.5. The van der Waals surface area contributed by atoms with Crippen LogP contribution in [0, 0.1) is 0 Å². The summed E-state index contributed by atoms with van der Waals surface area (Å²) in [6.07, 6.45) is 5.49. The smallest absolute Gasteiger partial charge is 0.249 e. The minimum atomic E-state index is -0.0729. The molecule has 5 nitrogen and oxygen atoms in total. The number of hydrogen-bond donors (Lipinski definition) is 0. The van der Waals surface area contributed by atoms with Crippen LogP contribution < -0.4 is 0 Å². The van der Waals surface area contributed by atoms with Gasteiger partial charge in [-0.05, 0) is 31.7 Å². The Morgan fingerprint density at radius 3 is 2.96 bits per heavy atom. The van der Waals surface area contributed by atoms with Crippen molar-refractivity contribution in [3.8, 4) is 0 Å². The highest BCUT2D eigenvalue weighted by molar-refractivity contribution is 5.78. The number of piperidine rings is 1. The van der Waals surface area contributed by atoms with E-state index in [1.54, 1.807) is 6.20 Å². The first kappa shape index (κ1) is 16.7. The molecule has 0 spiro atoms. The van der Waals surface area contributed by atoms with Crippen LogP contribution in [0.25, 0.3) is 0 Å². The molecule has 0 saturated carbocycles. The van der Waals surface area contributed by atoms with Crippen molar-refractivity contribution in [2.45, 2.75) is 38.6 Å². The summed E-state index contributed by atoms with van der Waals surface area (Å²) in [6, 6.07) is 10.1. The predicted molar refractivity (Wildman–Crippen MR) is 90.5 cm³/mol. The molecule has 0 aliphatic carbocycles. The molecule has 24 heavy (non-hydrogen) atoms. The second-order valence-corrected chi connectivity index (χ2v) is 6.06. The van der Waals surface area contributed by atoms with Crippen molar-refractivity contribution in [3.05, 3.63) is 53.7 Å². The van der Waals surface area contributed by atoms with E-state index in [1.165, 1.54) is 5.56 Å². The standard InChI is InChI=1S/C19H24N2O3/c1-2-23-14-18(22)21-11-7-6-10-17(21)19-20-13-16(24-19)12-15-8-4-3-5-9-15/h3-5,8-9,13,17H,2,6-7,10-12,14H2,1H3. The Bertz CT molecular complexity index is 654. The maximum Gasteiger partial charge on any atom is 0.249 e. The third-order valence-corrected chi connectivity index (χ3v) is 4.33. The van der Waals surface area contributed by atoms with Crippen LogP contribution in [0.5, 0.6) is 0 Å². The van der Waals surface area contributed by atoms with E-state index >= 15 is 0 Å². The van der Waals surface area contributed by atoms with E-state index in [0.717, 1.165) is 31.6 Å². The summed E-state index contributed by atoms with van der Waals surface area (Å²) in [6.45, 7) is 3.31. The van der Waals surface area contributed by atoms with Gasteiger partial charge in [-0.1, -0.05) is 30.3 Å². The maximum absolute atomic E-state index is 12.4. The van der Waals surface area contributed by atoms with Crippen LogP contribution in [-0.4, -0.2) is 35.5 Å². The van der Waals surface area contributed by atoms with Crippen molar-refractivity contribution in [1.29, 1.82) is 0 Å². The SMILES string of the molecule is CCOCC(=O)N1CCCCC1c1ncc(Cc2ccccc2)o1. The number of nitrogens with zero attached hydrogens (tertiary/aromatic N) is 2. The molecule has 1 aromatic heterocycles. The Labute approximate surface area is 142 Å². The van der Waals surface area contributed by atoms with Crippen molar-refractivity contribution < 1.29 is 13.9 Å². The number of aromatic nitrogens is 1. The Balaban J connectivity index is 1.70. The summed E-state index contributed by atoms with van der Waals surface area (Å²) in [4.78, 5) is 18.7. The molecule has 1 saturated heterocycles. The number of ether oxygens (including phenoxy) is 1. The Hall–Kier alpha value is -2.14. The van der Waals surface area contributed by atoms with E-state index in [2.05, 4.69) is 17.1 Å². The lowest BCUT2D eigenvalue weighted by atomic mass is 10.0. The minimum absolute atomic E-state index is 0.0179. The lowest BCUT2D eigenvalue weighted by Gasteiger charge is -2.33. The monoisotopic (exact) mass is 328 g/mol. The van der Waals surface area contributed by atoms with Gasteiger partial charge in [0.1, 0.15) is 18.4 Å². The zero-order valence-electron chi connectivity index (χ0n) is 14.1. The van der Waals surface area contributed by atoms with Gasteiger partial charge in [0.05, 0.1) is 6.20 Å². The number of benzene rings is 1. The molecule has 2 heterocycles. The summed E-state index contributed by atoms with van der Waals surface area (Å²) in [5.41, 5.74) is 1.19. The molecule has 3 rings (SSSR count). The van der Waals surface area contributed by atoms with Crippen LogP contribution in [0.1, 0.15) is 49.4 Å². The molecule has 1 amide bonds. The van der Waals surface area contributed by atoms with Crippen LogP contribution in [0.2, 0.25) is 0 Å². The van der Waals surface area contributed by atoms with Crippen LogP contribution in [-0.2, 0) is 16.0 Å². The minimum Gasteiger partial charge on any atom is -0.443 e. The first-order chi connectivity index (χ1) is 11.8. The first-order valence-electron chi connectivity index (χ1n) is 8.63. The van der Waals surface area contributed by atoms with Crippen LogP contribution in [0.15, 0.2) is 40.9 Å². The quantitative estimate of drug-likeness (QED) is 0.816. The summed E-state index contributed by atoms with van der Waals surface area (Å²) < 4.78 is 11.2. The Morgan fingerprint density at radius 1 is 1.33 bits per heavy atom. The number of amides is 1. The van der Waals surface area contributed by atoms with Gasteiger partial charge in [0.25, 0.3) is 0 Å². The molecular weight excluding hydrogens is 304 g/mol. The number of rotatable bonds is 6. The van der Waals surface area contributed by atoms with Gasteiger partial charge in [0, 0.05) is 19.6 Å². The third kappa shape index (κ3) is 4.03. The lowest BCUT2D eigenvalue weighted by molar-refractivity contribution is -0.140. The molecule has 128 valence electrons. The zero-order chi connectivity index (χ0) is 16.8. The van der Waals surface area contributed by atoms with Crippen molar-refractivity contribution in [1.82, 2.24) is 9.88 Å². The van der Waals surface area contributed by atoms with E-state index in [0.29, 0.717) is 18.9 Å². The number of carbonyl (C=O) groups excluding carboxylic acids is 1. The van der Waals surface area contributed by atoms with Crippen LogP contribution in [0.4, 0.5) is 0 Å². The van der Waals surface area contributed by atoms with Crippen molar-refractivity contribution >= 4 is 5.91 Å². The molecule has 0 radical (unpaired) electrons. The van der Waals surface area contributed by atoms with E-state index in [9.17, 15) is 4.79 Å². The number of carbonyl (C=O) groups is 1. The van der Waals surface area contributed by atoms with Gasteiger partial charge >= 0.3 is 0 Å². The van der Waals surface area contributed by atoms with Gasteiger partial charge in [-0.2, -0.15) is 0 Å². The predicted octanol–water partition coefficient (Wildman–Crippen LogP) is 3.36. The zero-order valence-corrected chi connectivity index (χ0v) is 14.1. The highest BCUT2D eigenvalue weighted by Gasteiger charge is 2.31. The molecule has 1 aliphatic rings. The van der Waals surface area contributed by atoms with E-state index in [1.807, 2.05) is 30.0 Å². The fraction of sp³-hybridized carbons (Fsp3) is 0.474. The average Bonchev–Trinajstić information content (AvgIpc) is 3.09. The molecule has 2 aromatic rings. The summed E-state index contributed by atoms with van der Waals surface area (Å²) in [5.74, 6) is 1.49. The summed E-state index contributed by atoms with van der Waals surface area (Å²) in [5, 5.41) is 0. The lowest BCUT2D eigenvalue weighted by Crippen LogP contribution is -2.40. The summed E-state index contributed by atoms with van der Waals surface area (Å²) >= 11 is 0. The van der Waals surface area contributed by atoms with Crippen molar-refractivity contribution in [2.24, 2.45) is 0 Å². The molecule has 0 N–H and O–H groups in total. The normalized spacial score (nSPS) is 17.9. The Kier molecular flexibility index (Phi) is 5.64. The van der Waals surface area contributed by atoms with E-state index < -0.39 is 0 Å². The van der Waals surface area contributed by atoms with Gasteiger partial charge in [-0.25, -0.2) is 4.98 Å².